The van der Waals surface area contributed by atoms with Crippen LogP contribution in [0, 0.1) is 12.5 Å². The van der Waals surface area contributed by atoms with Crippen LogP contribution in [-0.4, -0.2) is 6.54 Å². The van der Waals surface area contributed by atoms with Gasteiger partial charge in [-0.1, -0.05) is 42.5 Å². The summed E-state index contributed by atoms with van der Waals surface area (Å²) >= 11 is 0. The molecule has 1 atom stereocenters. The van der Waals surface area contributed by atoms with Crippen molar-refractivity contribution in [2.75, 3.05) is 6.54 Å². The zero-order valence-corrected chi connectivity index (χ0v) is 7.61. The van der Waals surface area contributed by atoms with Gasteiger partial charge in [-0.15, -0.1) is 0 Å². The molecule has 13 heavy (non-hydrogen) atoms. The summed E-state index contributed by atoms with van der Waals surface area (Å²) in [6, 6.07) is 10.6. The summed E-state index contributed by atoms with van der Waals surface area (Å²) in [4.78, 5) is 0. The highest BCUT2D eigenvalue weighted by Gasteiger charge is 2.08. The first-order valence-electron chi connectivity index (χ1n) is 4.72. The van der Waals surface area contributed by atoms with Gasteiger partial charge in [-0.25, -0.2) is 0 Å². The summed E-state index contributed by atoms with van der Waals surface area (Å²) in [5.74, 6) is 0.552. The molecule has 0 amide bonds. The van der Waals surface area contributed by atoms with Crippen LogP contribution in [0.1, 0.15) is 5.56 Å². The fourth-order valence-corrected chi connectivity index (χ4v) is 1.60. The fourth-order valence-electron chi connectivity index (χ4n) is 1.60. The van der Waals surface area contributed by atoms with Crippen LogP contribution < -0.4 is 5.32 Å². The van der Waals surface area contributed by atoms with Crippen LogP contribution in [0.5, 0.6) is 0 Å². The number of rotatable bonds is 2. The minimum absolute atomic E-state index is 0.552. The molecule has 1 nitrogen and oxygen atoms in total. The zero-order valence-electron chi connectivity index (χ0n) is 7.61. The SMILES string of the molecule is [CH]1NCC=CC1Cc1ccccc1. The molecule has 0 fully saturated rings. The van der Waals surface area contributed by atoms with Crippen LogP contribution in [0.15, 0.2) is 42.5 Å². The molecule has 1 N–H and O–H groups in total. The topological polar surface area (TPSA) is 12.0 Å². The molecule has 1 aromatic rings. The second kappa shape index (κ2) is 4.24. The second-order valence-electron chi connectivity index (χ2n) is 3.36. The highest BCUT2D eigenvalue weighted by Crippen LogP contribution is 2.13. The second-order valence-corrected chi connectivity index (χ2v) is 3.36. The largest absolute Gasteiger partial charge is 0.308 e. The quantitative estimate of drug-likeness (QED) is 0.674. The molecule has 0 bridgehead atoms. The fraction of sp³-hybridized carbons (Fsp3) is 0.250. The molecule has 0 saturated heterocycles. The Bertz CT molecular complexity index is 276. The number of hydrogen-bond donors (Lipinski definition) is 1. The molecule has 1 heterocycles. The molecule has 1 aliphatic rings. The number of hydrogen-bond acceptors (Lipinski definition) is 1. The molecule has 0 spiro atoms. The predicted molar refractivity (Wildman–Crippen MR) is 55.1 cm³/mol. The maximum absolute atomic E-state index is 3.24. The van der Waals surface area contributed by atoms with Crippen molar-refractivity contribution in [3.8, 4) is 0 Å². The van der Waals surface area contributed by atoms with Gasteiger partial charge < -0.3 is 5.32 Å². The lowest BCUT2D eigenvalue weighted by atomic mass is 9.97. The van der Waals surface area contributed by atoms with Crippen molar-refractivity contribution >= 4 is 0 Å². The first-order valence-corrected chi connectivity index (χ1v) is 4.72. The molecular formula is C12H14N. The Morgan fingerprint density at radius 1 is 1.23 bits per heavy atom. The van der Waals surface area contributed by atoms with Gasteiger partial charge in [0.2, 0.25) is 0 Å². The molecule has 1 radical (unpaired) electrons. The Morgan fingerprint density at radius 2 is 2.08 bits per heavy atom. The highest BCUT2D eigenvalue weighted by atomic mass is 14.9. The van der Waals surface area contributed by atoms with Crippen molar-refractivity contribution in [3.05, 3.63) is 54.6 Å². The van der Waals surface area contributed by atoms with Crippen molar-refractivity contribution < 1.29 is 0 Å². The van der Waals surface area contributed by atoms with E-state index < -0.39 is 0 Å². The van der Waals surface area contributed by atoms with Gasteiger partial charge in [0.1, 0.15) is 0 Å². The molecule has 1 aromatic carbocycles. The van der Waals surface area contributed by atoms with Gasteiger partial charge in [-0.2, -0.15) is 0 Å². The van der Waals surface area contributed by atoms with E-state index in [2.05, 4.69) is 54.3 Å². The summed E-state index contributed by atoms with van der Waals surface area (Å²) in [6.45, 7) is 3.15. The average molecular weight is 172 g/mol. The zero-order chi connectivity index (χ0) is 8.93. The highest BCUT2D eigenvalue weighted by molar-refractivity contribution is 5.18. The van der Waals surface area contributed by atoms with Crippen molar-refractivity contribution in [2.24, 2.45) is 5.92 Å². The van der Waals surface area contributed by atoms with E-state index in [0.29, 0.717) is 5.92 Å². The summed E-state index contributed by atoms with van der Waals surface area (Å²) in [5, 5.41) is 3.24. The summed E-state index contributed by atoms with van der Waals surface area (Å²) in [6.07, 6.45) is 5.56. The van der Waals surface area contributed by atoms with Crippen LogP contribution in [0.2, 0.25) is 0 Å². The lowest BCUT2D eigenvalue weighted by Gasteiger charge is -2.16. The van der Waals surface area contributed by atoms with E-state index in [1.165, 1.54) is 5.56 Å². The smallest absolute Gasteiger partial charge is 0.0295 e. The molecular weight excluding hydrogens is 158 g/mol. The maximum Gasteiger partial charge on any atom is 0.0295 e. The lowest BCUT2D eigenvalue weighted by Crippen LogP contribution is -2.21. The minimum atomic E-state index is 0.552. The van der Waals surface area contributed by atoms with Crippen LogP contribution in [0.4, 0.5) is 0 Å². The average Bonchev–Trinajstić information content (AvgIpc) is 2.21. The van der Waals surface area contributed by atoms with Gasteiger partial charge in [0.25, 0.3) is 0 Å². The Kier molecular flexibility index (Phi) is 2.78. The van der Waals surface area contributed by atoms with E-state index in [1.807, 2.05) is 0 Å². The third-order valence-corrected chi connectivity index (χ3v) is 2.27. The number of benzene rings is 1. The van der Waals surface area contributed by atoms with Gasteiger partial charge >= 0.3 is 0 Å². The summed E-state index contributed by atoms with van der Waals surface area (Å²) in [5.41, 5.74) is 1.40. The third-order valence-electron chi connectivity index (χ3n) is 2.27. The number of nitrogens with one attached hydrogen (secondary N) is 1. The van der Waals surface area contributed by atoms with Gasteiger partial charge in [0.15, 0.2) is 0 Å². The Hall–Kier alpha value is -1.08. The van der Waals surface area contributed by atoms with Gasteiger partial charge in [0, 0.05) is 13.1 Å². The van der Waals surface area contributed by atoms with E-state index in [4.69, 9.17) is 0 Å². The van der Waals surface area contributed by atoms with Crippen LogP contribution >= 0.6 is 0 Å². The molecule has 0 aromatic heterocycles. The first kappa shape index (κ1) is 8.52. The van der Waals surface area contributed by atoms with Crippen LogP contribution in [0.25, 0.3) is 0 Å². The van der Waals surface area contributed by atoms with Crippen molar-refractivity contribution in [2.45, 2.75) is 6.42 Å². The van der Waals surface area contributed by atoms with E-state index in [0.717, 1.165) is 13.0 Å². The molecule has 0 saturated carbocycles. The van der Waals surface area contributed by atoms with Crippen molar-refractivity contribution in [3.63, 3.8) is 0 Å². The summed E-state index contributed by atoms with van der Waals surface area (Å²) < 4.78 is 0. The van der Waals surface area contributed by atoms with Gasteiger partial charge in [0.05, 0.1) is 0 Å². The Balaban J connectivity index is 1.98. The standard InChI is InChI=1S/C12H14N/c1-2-5-11(6-3-1)9-12-7-4-8-13-10-12/h1-7,10,12-13H,8-9H2. The monoisotopic (exact) mass is 172 g/mol. The Morgan fingerprint density at radius 3 is 2.77 bits per heavy atom. The van der Waals surface area contributed by atoms with Crippen LogP contribution in [0.3, 0.4) is 0 Å². The molecule has 1 heteroatoms. The van der Waals surface area contributed by atoms with E-state index in [-0.39, 0.29) is 0 Å². The minimum Gasteiger partial charge on any atom is -0.308 e. The van der Waals surface area contributed by atoms with E-state index >= 15 is 0 Å². The van der Waals surface area contributed by atoms with E-state index in [9.17, 15) is 0 Å². The van der Waals surface area contributed by atoms with Crippen molar-refractivity contribution in [1.29, 1.82) is 0 Å². The normalized spacial score (nSPS) is 21.7. The molecule has 1 aliphatic heterocycles. The molecule has 1 unspecified atom stereocenters. The van der Waals surface area contributed by atoms with Gasteiger partial charge in [-0.3, -0.25) is 0 Å². The molecule has 0 aliphatic carbocycles. The predicted octanol–water partition coefficient (Wildman–Crippen LogP) is 2.17. The Labute approximate surface area is 79.5 Å². The maximum atomic E-state index is 3.24. The van der Waals surface area contributed by atoms with Gasteiger partial charge in [-0.05, 0) is 17.9 Å². The molecule has 2 rings (SSSR count). The molecule has 67 valence electrons. The third kappa shape index (κ3) is 2.43. The lowest BCUT2D eigenvalue weighted by molar-refractivity contribution is 0.640. The summed E-state index contributed by atoms with van der Waals surface area (Å²) in [7, 11) is 0. The first-order chi connectivity index (χ1) is 6.45. The van der Waals surface area contributed by atoms with Crippen LogP contribution in [-0.2, 0) is 6.42 Å². The van der Waals surface area contributed by atoms with Crippen molar-refractivity contribution in [1.82, 2.24) is 5.32 Å². The van der Waals surface area contributed by atoms with E-state index in [1.54, 1.807) is 0 Å².